The van der Waals surface area contributed by atoms with Gasteiger partial charge in [0.05, 0.1) is 22.7 Å². The molecule has 1 amide bonds. The molecule has 0 unspecified atom stereocenters. The topological polar surface area (TPSA) is 38.3 Å². The lowest BCUT2D eigenvalue weighted by Crippen LogP contribution is -2.27. The summed E-state index contributed by atoms with van der Waals surface area (Å²) < 4.78 is 5.01. The molecular weight excluding hydrogens is 261 g/mol. The van der Waals surface area contributed by atoms with Crippen molar-refractivity contribution in [2.45, 2.75) is 13.8 Å². The third-order valence-corrected chi connectivity index (χ3v) is 2.77. The number of hydrogen-bond donors (Lipinski definition) is 1. The van der Waals surface area contributed by atoms with Gasteiger partial charge in [0, 0.05) is 12.6 Å². The van der Waals surface area contributed by atoms with E-state index in [0.717, 1.165) is 0 Å². The van der Waals surface area contributed by atoms with Gasteiger partial charge in [-0.2, -0.15) is 0 Å². The molecule has 0 saturated heterocycles. The Morgan fingerprint density at radius 1 is 1.35 bits per heavy atom. The van der Waals surface area contributed by atoms with Gasteiger partial charge >= 0.3 is 0 Å². The second-order valence-electron chi connectivity index (χ2n) is 4.07. The van der Waals surface area contributed by atoms with Crippen LogP contribution in [0.2, 0.25) is 10.0 Å². The number of halogens is 2. The maximum absolute atomic E-state index is 11.8. The number of ether oxygens (including phenoxy) is 1. The highest BCUT2D eigenvalue weighted by Gasteiger charge is 2.14. The Kier molecular flexibility index (Phi) is 5.09. The van der Waals surface area contributed by atoms with Crippen LogP contribution in [0.25, 0.3) is 0 Å². The van der Waals surface area contributed by atoms with E-state index in [0.29, 0.717) is 33.8 Å². The number of benzene rings is 1. The van der Waals surface area contributed by atoms with Gasteiger partial charge in [-0.15, -0.1) is 0 Å². The van der Waals surface area contributed by atoms with Crippen LogP contribution in [0.1, 0.15) is 24.2 Å². The fourth-order valence-corrected chi connectivity index (χ4v) is 1.73. The predicted octanol–water partition coefficient (Wildman–Crippen LogP) is 3.39. The average Bonchev–Trinajstić information content (AvgIpc) is 2.28. The minimum Gasteiger partial charge on any atom is -0.495 e. The maximum Gasteiger partial charge on any atom is 0.252 e. The van der Waals surface area contributed by atoms with Gasteiger partial charge in [0.2, 0.25) is 0 Å². The zero-order valence-electron chi connectivity index (χ0n) is 10.0. The zero-order valence-corrected chi connectivity index (χ0v) is 11.5. The van der Waals surface area contributed by atoms with Crippen molar-refractivity contribution in [1.82, 2.24) is 5.32 Å². The standard InChI is InChI=1S/C12H15Cl2NO2/c1-7(2)6-15-12(16)8-4-10(14)11(17-3)5-9(8)13/h4-5,7H,6H2,1-3H3,(H,15,16). The number of nitrogens with one attached hydrogen (secondary N) is 1. The summed E-state index contributed by atoms with van der Waals surface area (Å²) in [5, 5.41) is 3.47. The first-order chi connectivity index (χ1) is 7.95. The molecule has 0 radical (unpaired) electrons. The maximum atomic E-state index is 11.8. The molecule has 3 nitrogen and oxygen atoms in total. The van der Waals surface area contributed by atoms with Gasteiger partial charge in [-0.05, 0) is 12.0 Å². The van der Waals surface area contributed by atoms with Crippen LogP contribution < -0.4 is 10.1 Å². The van der Waals surface area contributed by atoms with E-state index in [9.17, 15) is 4.79 Å². The molecule has 0 aliphatic heterocycles. The minimum atomic E-state index is -0.228. The summed E-state index contributed by atoms with van der Waals surface area (Å²) in [6.45, 7) is 4.63. The summed E-state index contributed by atoms with van der Waals surface area (Å²) in [7, 11) is 1.50. The Labute approximate surface area is 111 Å². The SMILES string of the molecule is COc1cc(Cl)c(C(=O)NCC(C)C)cc1Cl. The van der Waals surface area contributed by atoms with Gasteiger partial charge in [-0.3, -0.25) is 4.79 Å². The van der Waals surface area contributed by atoms with Crippen LogP contribution in [0.15, 0.2) is 12.1 Å². The van der Waals surface area contributed by atoms with Gasteiger partial charge in [-0.25, -0.2) is 0 Å². The quantitative estimate of drug-likeness (QED) is 0.915. The molecule has 1 aromatic carbocycles. The first-order valence-corrected chi connectivity index (χ1v) is 6.02. The van der Waals surface area contributed by atoms with Crippen LogP contribution in [0.4, 0.5) is 0 Å². The molecule has 0 aliphatic rings. The Morgan fingerprint density at radius 2 is 2.00 bits per heavy atom. The smallest absolute Gasteiger partial charge is 0.252 e. The number of rotatable bonds is 4. The summed E-state index contributed by atoms with van der Waals surface area (Å²) >= 11 is 11.9. The lowest BCUT2D eigenvalue weighted by atomic mass is 10.1. The van der Waals surface area contributed by atoms with Crippen LogP contribution in [0.5, 0.6) is 5.75 Å². The molecule has 0 atom stereocenters. The highest BCUT2D eigenvalue weighted by molar-refractivity contribution is 6.36. The van der Waals surface area contributed by atoms with E-state index in [4.69, 9.17) is 27.9 Å². The Balaban J connectivity index is 2.91. The van der Waals surface area contributed by atoms with Crippen LogP contribution in [-0.2, 0) is 0 Å². The largest absolute Gasteiger partial charge is 0.495 e. The molecule has 0 fully saturated rings. The second-order valence-corrected chi connectivity index (χ2v) is 4.88. The number of carbonyl (C=O) groups is 1. The third-order valence-electron chi connectivity index (χ3n) is 2.16. The van der Waals surface area contributed by atoms with Crippen molar-refractivity contribution in [3.8, 4) is 5.75 Å². The molecule has 0 spiro atoms. The van der Waals surface area contributed by atoms with Crippen molar-refractivity contribution < 1.29 is 9.53 Å². The molecule has 1 aromatic rings. The van der Waals surface area contributed by atoms with Crippen LogP contribution >= 0.6 is 23.2 Å². The zero-order chi connectivity index (χ0) is 13.0. The van der Waals surface area contributed by atoms with E-state index < -0.39 is 0 Å². The highest BCUT2D eigenvalue weighted by atomic mass is 35.5. The minimum absolute atomic E-state index is 0.228. The molecule has 94 valence electrons. The molecule has 1 N–H and O–H groups in total. The van der Waals surface area contributed by atoms with Crippen molar-refractivity contribution in [3.63, 3.8) is 0 Å². The van der Waals surface area contributed by atoms with Crippen LogP contribution in [0, 0.1) is 5.92 Å². The molecule has 17 heavy (non-hydrogen) atoms. The molecule has 0 saturated carbocycles. The monoisotopic (exact) mass is 275 g/mol. The Hall–Kier alpha value is -0.930. The normalized spacial score (nSPS) is 10.5. The Bertz CT molecular complexity index is 419. The van der Waals surface area contributed by atoms with Crippen molar-refractivity contribution in [1.29, 1.82) is 0 Å². The summed E-state index contributed by atoms with van der Waals surface area (Å²) in [5.41, 5.74) is 0.359. The van der Waals surface area contributed by atoms with Crippen molar-refractivity contribution in [2.75, 3.05) is 13.7 Å². The first kappa shape index (κ1) is 14.1. The van der Waals surface area contributed by atoms with E-state index in [2.05, 4.69) is 5.32 Å². The lowest BCUT2D eigenvalue weighted by molar-refractivity contribution is 0.0949. The highest BCUT2D eigenvalue weighted by Crippen LogP contribution is 2.30. The second kappa shape index (κ2) is 6.12. The summed E-state index contributed by atoms with van der Waals surface area (Å²) in [5.74, 6) is 0.608. The molecule has 0 aromatic heterocycles. The van der Waals surface area contributed by atoms with Gasteiger partial charge in [0.15, 0.2) is 0 Å². The number of methoxy groups -OCH3 is 1. The van der Waals surface area contributed by atoms with E-state index in [-0.39, 0.29) is 5.91 Å². The fourth-order valence-electron chi connectivity index (χ4n) is 1.25. The molecule has 0 bridgehead atoms. The summed E-state index contributed by atoms with van der Waals surface area (Å²) in [4.78, 5) is 11.8. The van der Waals surface area contributed by atoms with Gasteiger partial charge in [-0.1, -0.05) is 37.0 Å². The molecule has 0 heterocycles. The molecular formula is C12H15Cl2NO2. The van der Waals surface area contributed by atoms with E-state index in [1.165, 1.54) is 19.2 Å². The van der Waals surface area contributed by atoms with Gasteiger partial charge < -0.3 is 10.1 Å². The summed E-state index contributed by atoms with van der Waals surface area (Å²) in [6, 6.07) is 3.05. The van der Waals surface area contributed by atoms with E-state index in [1.807, 2.05) is 13.8 Å². The third kappa shape index (κ3) is 3.79. The van der Waals surface area contributed by atoms with Crippen molar-refractivity contribution in [2.24, 2.45) is 5.92 Å². The molecule has 1 rings (SSSR count). The number of amides is 1. The van der Waals surface area contributed by atoms with Gasteiger partial charge in [0.1, 0.15) is 5.75 Å². The lowest BCUT2D eigenvalue weighted by Gasteiger charge is -2.10. The van der Waals surface area contributed by atoms with E-state index in [1.54, 1.807) is 0 Å². The number of carbonyl (C=O) groups excluding carboxylic acids is 1. The first-order valence-electron chi connectivity index (χ1n) is 5.27. The van der Waals surface area contributed by atoms with Crippen molar-refractivity contribution >= 4 is 29.1 Å². The van der Waals surface area contributed by atoms with Gasteiger partial charge in [0.25, 0.3) is 5.91 Å². The number of hydrogen-bond acceptors (Lipinski definition) is 2. The summed E-state index contributed by atoms with van der Waals surface area (Å²) in [6.07, 6.45) is 0. The van der Waals surface area contributed by atoms with Crippen LogP contribution in [0.3, 0.4) is 0 Å². The molecule has 5 heteroatoms. The van der Waals surface area contributed by atoms with Crippen molar-refractivity contribution in [3.05, 3.63) is 27.7 Å². The van der Waals surface area contributed by atoms with E-state index >= 15 is 0 Å². The fraction of sp³-hybridized carbons (Fsp3) is 0.417. The predicted molar refractivity (Wildman–Crippen MR) is 70.2 cm³/mol. The Morgan fingerprint density at radius 3 is 2.53 bits per heavy atom. The van der Waals surface area contributed by atoms with Crippen LogP contribution in [-0.4, -0.2) is 19.6 Å². The average molecular weight is 276 g/mol. The molecule has 0 aliphatic carbocycles.